The van der Waals surface area contributed by atoms with Crippen LogP contribution < -0.4 is 10.5 Å². The van der Waals surface area contributed by atoms with Crippen molar-refractivity contribution in [2.75, 3.05) is 26.2 Å². The van der Waals surface area contributed by atoms with Crippen molar-refractivity contribution < 1.29 is 4.74 Å². The standard InChI is InChI=1S/C17H29N3O/c1-13(2)11-20(12-14(3)4)9-10-21-16-7-5-15(6-8-16)17(18)19/h5-8,13-14H,9-12H2,1-4H3,(H3,18,19). The lowest BCUT2D eigenvalue weighted by Crippen LogP contribution is -2.34. The SMILES string of the molecule is CC(C)CN(CCOc1ccc(C(=N)N)cc1)CC(C)C. The molecule has 0 heterocycles. The summed E-state index contributed by atoms with van der Waals surface area (Å²) in [6.45, 7) is 12.8. The largest absolute Gasteiger partial charge is 0.492 e. The van der Waals surface area contributed by atoms with Crippen molar-refractivity contribution in [3.8, 4) is 5.75 Å². The minimum absolute atomic E-state index is 0.0848. The zero-order chi connectivity index (χ0) is 15.8. The van der Waals surface area contributed by atoms with Crippen LogP contribution >= 0.6 is 0 Å². The minimum atomic E-state index is 0.0848. The smallest absolute Gasteiger partial charge is 0.122 e. The molecule has 0 atom stereocenters. The van der Waals surface area contributed by atoms with Gasteiger partial charge in [0.2, 0.25) is 0 Å². The van der Waals surface area contributed by atoms with Crippen LogP contribution in [0.5, 0.6) is 5.75 Å². The highest BCUT2D eigenvalue weighted by Crippen LogP contribution is 2.12. The predicted molar refractivity (Wildman–Crippen MR) is 89.1 cm³/mol. The van der Waals surface area contributed by atoms with Crippen molar-refractivity contribution in [2.45, 2.75) is 27.7 Å². The number of benzene rings is 1. The maximum absolute atomic E-state index is 7.36. The summed E-state index contributed by atoms with van der Waals surface area (Å²) in [4.78, 5) is 2.46. The van der Waals surface area contributed by atoms with Crippen LogP contribution in [0.15, 0.2) is 24.3 Å². The number of nitrogens with zero attached hydrogens (tertiary/aromatic N) is 1. The second-order valence-corrected chi connectivity index (χ2v) is 6.33. The van der Waals surface area contributed by atoms with Gasteiger partial charge in [-0.15, -0.1) is 0 Å². The van der Waals surface area contributed by atoms with E-state index in [1.807, 2.05) is 24.3 Å². The predicted octanol–water partition coefficient (Wildman–Crippen LogP) is 2.96. The number of amidine groups is 1. The van der Waals surface area contributed by atoms with Gasteiger partial charge in [-0.25, -0.2) is 0 Å². The average Bonchev–Trinajstić information content (AvgIpc) is 2.37. The molecule has 0 spiro atoms. The highest BCUT2D eigenvalue weighted by molar-refractivity contribution is 5.94. The summed E-state index contributed by atoms with van der Waals surface area (Å²) in [5.74, 6) is 2.24. The fourth-order valence-electron chi connectivity index (χ4n) is 2.31. The second-order valence-electron chi connectivity index (χ2n) is 6.33. The van der Waals surface area contributed by atoms with Crippen molar-refractivity contribution in [3.05, 3.63) is 29.8 Å². The molecule has 1 aromatic carbocycles. The van der Waals surface area contributed by atoms with E-state index in [0.717, 1.165) is 30.9 Å². The molecule has 0 aromatic heterocycles. The lowest BCUT2D eigenvalue weighted by atomic mass is 10.1. The zero-order valence-corrected chi connectivity index (χ0v) is 13.7. The molecule has 0 aliphatic heterocycles. The van der Waals surface area contributed by atoms with Crippen LogP contribution in [0.4, 0.5) is 0 Å². The van der Waals surface area contributed by atoms with Crippen molar-refractivity contribution in [1.29, 1.82) is 5.41 Å². The van der Waals surface area contributed by atoms with Crippen molar-refractivity contribution in [2.24, 2.45) is 17.6 Å². The van der Waals surface area contributed by atoms with Crippen molar-refractivity contribution in [3.63, 3.8) is 0 Å². The zero-order valence-electron chi connectivity index (χ0n) is 13.7. The third-order valence-corrected chi connectivity index (χ3v) is 3.09. The van der Waals surface area contributed by atoms with Crippen molar-refractivity contribution in [1.82, 2.24) is 4.90 Å². The number of nitrogens with two attached hydrogens (primary N) is 1. The van der Waals surface area contributed by atoms with Gasteiger partial charge in [-0.3, -0.25) is 10.3 Å². The van der Waals surface area contributed by atoms with E-state index in [1.54, 1.807) is 0 Å². The Morgan fingerprint density at radius 2 is 1.62 bits per heavy atom. The molecule has 21 heavy (non-hydrogen) atoms. The van der Waals surface area contributed by atoms with Gasteiger partial charge in [0.15, 0.2) is 0 Å². The average molecular weight is 291 g/mol. The molecule has 0 unspecified atom stereocenters. The Labute approximate surface area is 128 Å². The second kappa shape index (κ2) is 8.67. The first-order valence-electron chi connectivity index (χ1n) is 7.68. The molecule has 0 aliphatic carbocycles. The van der Waals surface area contributed by atoms with E-state index < -0.39 is 0 Å². The molecule has 0 saturated carbocycles. The lowest BCUT2D eigenvalue weighted by molar-refractivity contribution is 0.177. The molecule has 118 valence electrons. The number of ether oxygens (including phenoxy) is 1. The van der Waals surface area contributed by atoms with Crippen LogP contribution in [-0.4, -0.2) is 37.0 Å². The molecule has 1 rings (SSSR count). The van der Waals surface area contributed by atoms with Crippen LogP contribution in [0.2, 0.25) is 0 Å². The van der Waals surface area contributed by atoms with Crippen LogP contribution in [0.25, 0.3) is 0 Å². The van der Waals surface area contributed by atoms with E-state index in [1.165, 1.54) is 0 Å². The Morgan fingerprint density at radius 1 is 1.10 bits per heavy atom. The Morgan fingerprint density at radius 3 is 2.05 bits per heavy atom. The van der Waals surface area contributed by atoms with E-state index in [0.29, 0.717) is 18.4 Å². The summed E-state index contributed by atoms with van der Waals surface area (Å²) >= 11 is 0. The van der Waals surface area contributed by atoms with Gasteiger partial charge in [0.1, 0.15) is 18.2 Å². The quantitative estimate of drug-likeness (QED) is 0.543. The molecule has 0 saturated heterocycles. The summed E-state index contributed by atoms with van der Waals surface area (Å²) in [6, 6.07) is 7.37. The normalized spacial score (nSPS) is 11.4. The van der Waals surface area contributed by atoms with Crippen LogP contribution in [-0.2, 0) is 0 Å². The van der Waals surface area contributed by atoms with Gasteiger partial charge >= 0.3 is 0 Å². The molecule has 0 radical (unpaired) electrons. The molecular formula is C17H29N3O. The fraction of sp³-hybridized carbons (Fsp3) is 0.588. The third kappa shape index (κ3) is 7.14. The Bertz CT molecular complexity index is 416. The Balaban J connectivity index is 2.43. The van der Waals surface area contributed by atoms with E-state index in [4.69, 9.17) is 15.9 Å². The van der Waals surface area contributed by atoms with Gasteiger partial charge in [-0.1, -0.05) is 27.7 Å². The molecule has 3 N–H and O–H groups in total. The molecule has 4 heteroatoms. The molecule has 0 aliphatic rings. The molecular weight excluding hydrogens is 262 g/mol. The van der Waals surface area contributed by atoms with Crippen LogP contribution in [0.3, 0.4) is 0 Å². The number of rotatable bonds is 9. The lowest BCUT2D eigenvalue weighted by Gasteiger charge is -2.26. The summed E-state index contributed by atoms with van der Waals surface area (Å²) in [5, 5.41) is 7.36. The highest BCUT2D eigenvalue weighted by atomic mass is 16.5. The van der Waals surface area contributed by atoms with Gasteiger partial charge in [0.25, 0.3) is 0 Å². The maximum Gasteiger partial charge on any atom is 0.122 e. The van der Waals surface area contributed by atoms with Crippen LogP contribution in [0, 0.1) is 17.2 Å². The molecule has 1 aromatic rings. The van der Waals surface area contributed by atoms with Gasteiger partial charge in [0, 0.05) is 25.2 Å². The monoisotopic (exact) mass is 291 g/mol. The summed E-state index contributed by atoms with van der Waals surface area (Å²) in [6.07, 6.45) is 0. The van der Waals surface area contributed by atoms with Crippen LogP contribution in [0.1, 0.15) is 33.3 Å². The highest BCUT2D eigenvalue weighted by Gasteiger charge is 2.09. The van der Waals surface area contributed by atoms with E-state index in [2.05, 4.69) is 32.6 Å². The summed E-state index contributed by atoms with van der Waals surface area (Å²) in [5.41, 5.74) is 6.16. The molecule has 0 fully saturated rings. The first-order chi connectivity index (χ1) is 9.88. The van der Waals surface area contributed by atoms with E-state index in [-0.39, 0.29) is 5.84 Å². The number of nitrogen functional groups attached to an aromatic ring is 1. The minimum Gasteiger partial charge on any atom is -0.492 e. The maximum atomic E-state index is 7.36. The number of hydrogen-bond donors (Lipinski definition) is 2. The fourth-order valence-corrected chi connectivity index (χ4v) is 2.31. The molecule has 0 amide bonds. The van der Waals surface area contributed by atoms with E-state index in [9.17, 15) is 0 Å². The molecule has 0 bridgehead atoms. The third-order valence-electron chi connectivity index (χ3n) is 3.09. The van der Waals surface area contributed by atoms with E-state index >= 15 is 0 Å². The first kappa shape index (κ1) is 17.5. The van der Waals surface area contributed by atoms with Gasteiger partial charge in [-0.2, -0.15) is 0 Å². The van der Waals surface area contributed by atoms with Crippen molar-refractivity contribution >= 4 is 5.84 Å². The van der Waals surface area contributed by atoms with Gasteiger partial charge in [-0.05, 0) is 36.1 Å². The summed E-state index contributed by atoms with van der Waals surface area (Å²) < 4.78 is 5.78. The van der Waals surface area contributed by atoms with Gasteiger partial charge in [0.05, 0.1) is 0 Å². The first-order valence-corrected chi connectivity index (χ1v) is 7.68. The summed E-state index contributed by atoms with van der Waals surface area (Å²) in [7, 11) is 0. The van der Waals surface area contributed by atoms with Gasteiger partial charge < -0.3 is 10.5 Å². The Kier molecular flexibility index (Phi) is 7.23. The number of hydrogen-bond acceptors (Lipinski definition) is 3. The number of nitrogens with one attached hydrogen (secondary N) is 1. The Hall–Kier alpha value is -1.55. The topological polar surface area (TPSA) is 62.3 Å². The molecule has 4 nitrogen and oxygen atoms in total.